The lowest BCUT2D eigenvalue weighted by atomic mass is 10.0. The molecule has 0 saturated heterocycles. The molecule has 0 rings (SSSR count). The zero-order chi connectivity index (χ0) is 33.3. The fraction of sp³-hybridized carbons (Fsp3) is 0.944. The Kier molecular flexibility index (Phi) is 32.3. The molecular weight excluding hydrogens is 591 g/mol. The zero-order valence-corrected chi connectivity index (χ0v) is 30.4. The predicted octanol–water partition coefficient (Wildman–Crippen LogP) is 11.2. The average molecular weight is 663 g/mol. The van der Waals surface area contributed by atoms with Crippen LogP contribution in [0.2, 0.25) is 0 Å². The smallest absolute Gasteiger partial charge is 0.462 e. The van der Waals surface area contributed by atoms with Crippen LogP contribution in [0.1, 0.15) is 194 Å². The molecule has 0 aromatic carbocycles. The van der Waals surface area contributed by atoms with Crippen LogP contribution in [0, 0.1) is 0 Å². The molecule has 0 amide bonds. The third kappa shape index (κ3) is 32.8. The summed E-state index contributed by atoms with van der Waals surface area (Å²) in [5.41, 5.74) is 0. The minimum atomic E-state index is -4.26. The van der Waals surface area contributed by atoms with Gasteiger partial charge in [0.05, 0.1) is 13.2 Å². The molecule has 8 nitrogen and oxygen atoms in total. The van der Waals surface area contributed by atoms with Gasteiger partial charge in [0.25, 0.3) is 0 Å². The molecule has 0 aromatic rings. The van der Waals surface area contributed by atoms with Crippen molar-refractivity contribution >= 4 is 19.8 Å². The maximum atomic E-state index is 12.5. The molecule has 0 spiro atoms. The Morgan fingerprint density at radius 2 is 0.867 bits per heavy atom. The van der Waals surface area contributed by atoms with Crippen LogP contribution in [0.15, 0.2) is 0 Å². The van der Waals surface area contributed by atoms with Crippen molar-refractivity contribution in [3.05, 3.63) is 0 Å². The van der Waals surface area contributed by atoms with E-state index in [1.165, 1.54) is 122 Å². The molecule has 0 aliphatic carbocycles. The quantitative estimate of drug-likeness (QED) is 0.0406. The Morgan fingerprint density at radius 1 is 0.511 bits per heavy atom. The minimum Gasteiger partial charge on any atom is -0.462 e. The Morgan fingerprint density at radius 3 is 1.24 bits per heavy atom. The molecule has 0 bridgehead atoms. The fourth-order valence-electron chi connectivity index (χ4n) is 5.39. The van der Waals surface area contributed by atoms with E-state index < -0.39 is 19.9 Å². The molecule has 2 unspecified atom stereocenters. The van der Waals surface area contributed by atoms with Gasteiger partial charge in [-0.25, -0.2) is 4.57 Å². The first kappa shape index (κ1) is 44.0. The second-order valence-corrected chi connectivity index (χ2v) is 14.1. The number of esters is 2. The Labute approximate surface area is 277 Å². The molecule has 2 atom stereocenters. The number of carbonyl (C=O) groups excluding carboxylic acids is 2. The van der Waals surface area contributed by atoms with E-state index in [0.29, 0.717) is 6.42 Å². The van der Waals surface area contributed by atoms with Crippen molar-refractivity contribution in [2.75, 3.05) is 19.8 Å². The van der Waals surface area contributed by atoms with Gasteiger partial charge in [-0.05, 0) is 19.8 Å². The first-order valence-electron chi connectivity index (χ1n) is 18.8. The van der Waals surface area contributed by atoms with Gasteiger partial charge in [-0.15, -0.1) is 0 Å². The van der Waals surface area contributed by atoms with Crippen molar-refractivity contribution in [3.63, 3.8) is 0 Å². The summed E-state index contributed by atoms with van der Waals surface area (Å²) in [5.74, 6) is -0.788. The lowest BCUT2D eigenvalue weighted by Gasteiger charge is -2.19. The molecular formula is C36H71O8P. The first-order valence-corrected chi connectivity index (χ1v) is 20.3. The summed E-state index contributed by atoms with van der Waals surface area (Å²) in [6.45, 7) is 5.48. The van der Waals surface area contributed by atoms with Crippen LogP contribution < -0.4 is 0 Å². The van der Waals surface area contributed by atoms with Crippen LogP contribution in [-0.2, 0) is 32.7 Å². The van der Waals surface area contributed by atoms with Crippen molar-refractivity contribution in [2.45, 2.75) is 200 Å². The van der Waals surface area contributed by atoms with Crippen molar-refractivity contribution in [2.24, 2.45) is 0 Å². The fourth-order valence-corrected chi connectivity index (χ4v) is 6.15. The highest BCUT2D eigenvalue weighted by atomic mass is 31.2. The summed E-state index contributed by atoms with van der Waals surface area (Å²) < 4.78 is 32.5. The summed E-state index contributed by atoms with van der Waals surface area (Å²) >= 11 is 0. The Balaban J connectivity index is 4.13. The van der Waals surface area contributed by atoms with E-state index in [2.05, 4.69) is 13.8 Å². The first-order chi connectivity index (χ1) is 21.8. The second kappa shape index (κ2) is 33.0. The van der Waals surface area contributed by atoms with Crippen LogP contribution in [0.4, 0.5) is 0 Å². The monoisotopic (exact) mass is 662 g/mol. The SMILES string of the molecule is CCCCCCCCCCCCCCCC(=O)OC(COC(=O)CCCCCCCCCCCCCC)COP(=O)(O)OCC. The van der Waals surface area contributed by atoms with Crippen molar-refractivity contribution in [1.29, 1.82) is 0 Å². The number of carbonyl (C=O) groups is 2. The van der Waals surface area contributed by atoms with Crippen LogP contribution in [0.25, 0.3) is 0 Å². The van der Waals surface area contributed by atoms with Gasteiger partial charge in [-0.2, -0.15) is 0 Å². The van der Waals surface area contributed by atoms with E-state index >= 15 is 0 Å². The largest absolute Gasteiger partial charge is 0.472 e. The molecule has 9 heteroatoms. The van der Waals surface area contributed by atoms with Crippen LogP contribution in [0.3, 0.4) is 0 Å². The van der Waals surface area contributed by atoms with E-state index in [0.717, 1.165) is 38.5 Å². The van der Waals surface area contributed by atoms with E-state index in [9.17, 15) is 19.0 Å². The van der Waals surface area contributed by atoms with E-state index in [1.807, 2.05) is 0 Å². The third-order valence-corrected chi connectivity index (χ3v) is 9.22. The standard InChI is InChI=1S/C36H71O8P/c1-4-7-9-11-13-15-17-19-21-23-25-27-29-31-36(38)44-34(33-43-45(39,40)42-6-3)32-41-35(37)30-28-26-24-22-20-18-16-14-12-10-8-5-2/h34H,4-33H2,1-3H3,(H,39,40). The Bertz CT molecular complexity index is 717. The number of unbranched alkanes of at least 4 members (excludes halogenated alkanes) is 23. The van der Waals surface area contributed by atoms with Gasteiger partial charge in [0.1, 0.15) is 6.61 Å². The lowest BCUT2D eigenvalue weighted by molar-refractivity contribution is -0.161. The molecule has 0 radical (unpaired) electrons. The highest BCUT2D eigenvalue weighted by Gasteiger charge is 2.25. The maximum Gasteiger partial charge on any atom is 0.472 e. The molecule has 1 N–H and O–H groups in total. The van der Waals surface area contributed by atoms with Gasteiger partial charge in [-0.1, -0.05) is 162 Å². The van der Waals surface area contributed by atoms with E-state index in [-0.39, 0.29) is 32.2 Å². The number of hydrogen-bond acceptors (Lipinski definition) is 7. The number of phosphoric acid groups is 1. The van der Waals surface area contributed by atoms with Gasteiger partial charge in [0.2, 0.25) is 0 Å². The average Bonchev–Trinajstić information content (AvgIpc) is 3.01. The maximum absolute atomic E-state index is 12.5. The summed E-state index contributed by atoms with van der Waals surface area (Å²) in [6.07, 6.45) is 30.1. The molecule has 0 aromatic heterocycles. The molecule has 0 aliphatic rings. The van der Waals surface area contributed by atoms with Gasteiger partial charge in [-0.3, -0.25) is 18.6 Å². The number of rotatable bonds is 35. The minimum absolute atomic E-state index is 0.00527. The van der Waals surface area contributed by atoms with Crippen molar-refractivity contribution in [1.82, 2.24) is 0 Å². The van der Waals surface area contributed by atoms with Gasteiger partial charge >= 0.3 is 19.8 Å². The molecule has 268 valence electrons. The summed E-state index contributed by atoms with van der Waals surface area (Å²) in [4.78, 5) is 34.5. The third-order valence-electron chi connectivity index (χ3n) is 8.16. The molecule has 0 aliphatic heterocycles. The van der Waals surface area contributed by atoms with E-state index in [1.54, 1.807) is 6.92 Å². The van der Waals surface area contributed by atoms with Crippen molar-refractivity contribution < 1.29 is 37.6 Å². The van der Waals surface area contributed by atoms with Crippen molar-refractivity contribution in [3.8, 4) is 0 Å². The Hall–Kier alpha value is -0.950. The number of phosphoric ester groups is 1. The lowest BCUT2D eigenvalue weighted by Crippen LogP contribution is -2.29. The number of hydrogen-bond donors (Lipinski definition) is 1. The summed E-state index contributed by atoms with van der Waals surface area (Å²) in [6, 6.07) is 0. The van der Waals surface area contributed by atoms with Gasteiger partial charge in [0.15, 0.2) is 6.10 Å². The zero-order valence-electron chi connectivity index (χ0n) is 29.5. The topological polar surface area (TPSA) is 108 Å². The van der Waals surface area contributed by atoms with Crippen LogP contribution in [0.5, 0.6) is 0 Å². The summed E-state index contributed by atoms with van der Waals surface area (Å²) in [7, 11) is -4.26. The highest BCUT2D eigenvalue weighted by Crippen LogP contribution is 2.43. The number of ether oxygens (including phenoxy) is 2. The molecule has 0 heterocycles. The highest BCUT2D eigenvalue weighted by molar-refractivity contribution is 7.47. The molecule has 0 saturated carbocycles. The van der Waals surface area contributed by atoms with Crippen LogP contribution >= 0.6 is 7.82 Å². The normalized spacial score (nSPS) is 13.4. The van der Waals surface area contributed by atoms with Gasteiger partial charge in [0, 0.05) is 12.8 Å². The molecule has 45 heavy (non-hydrogen) atoms. The van der Waals surface area contributed by atoms with E-state index in [4.69, 9.17) is 18.5 Å². The second-order valence-electron chi connectivity index (χ2n) is 12.6. The molecule has 0 fully saturated rings. The predicted molar refractivity (Wildman–Crippen MR) is 184 cm³/mol. The van der Waals surface area contributed by atoms with Crippen LogP contribution in [-0.4, -0.2) is 42.8 Å². The van der Waals surface area contributed by atoms with Gasteiger partial charge < -0.3 is 14.4 Å². The summed E-state index contributed by atoms with van der Waals surface area (Å²) in [5, 5.41) is 0.